The van der Waals surface area contributed by atoms with E-state index in [1.807, 2.05) is 11.3 Å². The van der Waals surface area contributed by atoms with E-state index in [2.05, 4.69) is 128 Å². The molecule has 6 aliphatic rings. The first-order valence-corrected chi connectivity index (χ1v) is 20.4. The molecule has 1 heteroatoms. The molecule has 11 rings (SSSR count). The van der Waals surface area contributed by atoms with Crippen molar-refractivity contribution in [1.29, 1.82) is 0 Å². The molecular weight excluding hydrogens is 645 g/mol. The lowest BCUT2D eigenvalue weighted by molar-refractivity contribution is 0.393. The molecule has 3 atom stereocenters. The summed E-state index contributed by atoms with van der Waals surface area (Å²) in [6, 6.07) is 25.3. The zero-order valence-electron chi connectivity index (χ0n) is 29.9. The number of rotatable bonds is 3. The van der Waals surface area contributed by atoms with Crippen LogP contribution in [-0.4, -0.2) is 0 Å². The maximum atomic E-state index is 3.54. The molecule has 0 N–H and O–H groups in total. The zero-order valence-corrected chi connectivity index (χ0v) is 30.7. The quantitative estimate of drug-likeness (QED) is 0.166. The molecule has 0 fully saturated rings. The Morgan fingerprint density at radius 1 is 0.750 bits per heavy atom. The second-order valence-corrected chi connectivity index (χ2v) is 16.8. The molecule has 0 nitrogen and oxygen atoms in total. The van der Waals surface area contributed by atoms with E-state index in [0.29, 0.717) is 17.8 Å². The van der Waals surface area contributed by atoms with Gasteiger partial charge < -0.3 is 0 Å². The summed E-state index contributed by atoms with van der Waals surface area (Å²) in [6.07, 6.45) is 27.7. The number of hydrogen-bond acceptors (Lipinski definition) is 1. The highest BCUT2D eigenvalue weighted by Gasteiger charge is 2.40. The normalized spacial score (nSPS) is 22.7. The highest BCUT2D eigenvalue weighted by atomic mass is 32.1. The van der Waals surface area contributed by atoms with Crippen molar-refractivity contribution >= 4 is 50.1 Å². The van der Waals surface area contributed by atoms with Crippen LogP contribution < -0.4 is 0 Å². The molecule has 0 saturated carbocycles. The third-order valence-corrected chi connectivity index (χ3v) is 14.4. The molecule has 0 radical (unpaired) electrons. The molecule has 0 aliphatic heterocycles. The molecule has 6 aliphatic carbocycles. The van der Waals surface area contributed by atoms with Crippen LogP contribution in [0.15, 0.2) is 120 Å². The molecule has 1 heterocycles. The largest absolute Gasteiger partial charge is 0.126 e. The average molecular weight is 687 g/mol. The van der Waals surface area contributed by atoms with Gasteiger partial charge in [-0.15, -0.1) is 11.3 Å². The smallest absolute Gasteiger partial charge is 0.0810 e. The van der Waals surface area contributed by atoms with Gasteiger partial charge >= 0.3 is 0 Å². The van der Waals surface area contributed by atoms with Crippen LogP contribution in [0.4, 0.5) is 0 Å². The van der Waals surface area contributed by atoms with Gasteiger partial charge in [-0.25, -0.2) is 0 Å². The summed E-state index contributed by atoms with van der Waals surface area (Å²) in [5.74, 6) is 8.20. The Morgan fingerprint density at radius 2 is 1.58 bits per heavy atom. The van der Waals surface area contributed by atoms with Gasteiger partial charge in [0.05, 0.1) is 4.88 Å². The number of allylic oxidation sites excluding steroid dienone is 11. The molecule has 5 aromatic rings. The Hall–Kier alpha value is -4.90. The van der Waals surface area contributed by atoms with Crippen LogP contribution in [-0.2, 0) is 12.8 Å². The maximum absolute atomic E-state index is 3.54. The van der Waals surface area contributed by atoms with Crippen LogP contribution in [0.1, 0.15) is 95.4 Å². The molecule has 52 heavy (non-hydrogen) atoms. The van der Waals surface area contributed by atoms with Gasteiger partial charge in [-0.3, -0.25) is 0 Å². The number of thiophene rings is 1. The highest BCUT2D eigenvalue weighted by molar-refractivity contribution is 7.14. The Labute approximate surface area is 311 Å². The zero-order chi connectivity index (χ0) is 34.3. The number of hydrogen-bond donors (Lipinski definition) is 0. The van der Waals surface area contributed by atoms with Crippen LogP contribution in [0.2, 0.25) is 0 Å². The van der Waals surface area contributed by atoms with Gasteiger partial charge in [-0.2, -0.15) is 0 Å². The first-order valence-electron chi connectivity index (χ1n) is 19.6. The maximum Gasteiger partial charge on any atom is 0.0810 e. The molecule has 0 bridgehead atoms. The lowest BCUT2D eigenvalue weighted by Gasteiger charge is -2.40. The van der Waals surface area contributed by atoms with Crippen LogP contribution >= 0.6 is 11.3 Å². The minimum atomic E-state index is 0.363. The molecule has 0 saturated heterocycles. The standard InChI is InChI=1S/C51H42S/c1-31-38(45-30-46-40-17-10-11-21-47(40)52-51(46)43-20-9-6-16-39(43)45)26-27-44-48(31)50(37-25-23-33-13-3-5-15-35(33)29-37)42-19-8-7-18-41(42)49(44)36-24-22-32-12-2-4-14-34(32)28-36/h2,4-8,12,14-16,18-19,22,24,26-29,31,38,45H,3,9-10,13,17,20,23,25,30H2,1H3. The van der Waals surface area contributed by atoms with Gasteiger partial charge in [0.2, 0.25) is 0 Å². The molecule has 0 amide bonds. The molecular formula is C51H42S. The van der Waals surface area contributed by atoms with Crippen LogP contribution in [0.25, 0.3) is 49.9 Å². The van der Waals surface area contributed by atoms with Crippen LogP contribution in [0.5, 0.6) is 0 Å². The fourth-order valence-electron chi connectivity index (χ4n) is 10.7. The van der Waals surface area contributed by atoms with E-state index in [1.54, 1.807) is 38.3 Å². The van der Waals surface area contributed by atoms with E-state index >= 15 is 0 Å². The fraction of sp³-hybridized carbons (Fsp3) is 0.255. The molecule has 0 spiro atoms. The van der Waals surface area contributed by atoms with Crippen molar-refractivity contribution in [3.05, 3.63) is 157 Å². The van der Waals surface area contributed by atoms with Crippen molar-refractivity contribution in [2.75, 3.05) is 0 Å². The van der Waals surface area contributed by atoms with Crippen molar-refractivity contribution < 1.29 is 0 Å². The van der Waals surface area contributed by atoms with E-state index in [1.165, 1.54) is 79.1 Å². The summed E-state index contributed by atoms with van der Waals surface area (Å²) in [5.41, 5.74) is 18.3. The fourth-order valence-corrected chi connectivity index (χ4v) is 12.0. The van der Waals surface area contributed by atoms with Crippen molar-refractivity contribution in [2.24, 2.45) is 11.8 Å². The third-order valence-electron chi connectivity index (χ3n) is 13.1. The van der Waals surface area contributed by atoms with Crippen molar-refractivity contribution in [3.8, 4) is 23.0 Å². The van der Waals surface area contributed by atoms with E-state index in [9.17, 15) is 0 Å². The summed E-state index contributed by atoms with van der Waals surface area (Å²) in [6.45, 7) is 2.57. The van der Waals surface area contributed by atoms with Gasteiger partial charge in [0, 0.05) is 11.3 Å². The Morgan fingerprint density at radius 3 is 2.50 bits per heavy atom. The summed E-state index contributed by atoms with van der Waals surface area (Å²) in [5, 5.41) is 5.38. The van der Waals surface area contributed by atoms with Gasteiger partial charge in [-0.1, -0.05) is 128 Å². The van der Waals surface area contributed by atoms with Crippen LogP contribution in [0.3, 0.4) is 0 Å². The van der Waals surface area contributed by atoms with Crippen LogP contribution in [0, 0.1) is 23.7 Å². The van der Waals surface area contributed by atoms with Gasteiger partial charge in [-0.05, 0) is 158 Å². The topological polar surface area (TPSA) is 0 Å². The molecule has 4 aromatic carbocycles. The van der Waals surface area contributed by atoms with Gasteiger partial charge in [0.25, 0.3) is 0 Å². The minimum Gasteiger partial charge on any atom is -0.126 e. The first kappa shape index (κ1) is 30.7. The Kier molecular flexibility index (Phi) is 7.13. The SMILES string of the molecule is CC1c2c(c(-c3ccc4ccccc4c3)c3ccccc3c2C2=CC3=C(CCC=C3)CC2)C=CC1C1Cc2c(sc3c2CCC#C3)C2=C1C=CCC2. The molecule has 1 aromatic heterocycles. The van der Waals surface area contributed by atoms with E-state index < -0.39 is 0 Å². The summed E-state index contributed by atoms with van der Waals surface area (Å²) < 4.78 is 0. The first-order chi connectivity index (χ1) is 25.7. The lowest BCUT2D eigenvalue weighted by atomic mass is 9.63. The predicted molar refractivity (Wildman–Crippen MR) is 222 cm³/mol. The Bertz CT molecular complexity index is 2630. The summed E-state index contributed by atoms with van der Waals surface area (Å²) >= 11 is 1.99. The lowest BCUT2D eigenvalue weighted by Crippen LogP contribution is -2.29. The monoisotopic (exact) mass is 686 g/mol. The highest BCUT2D eigenvalue weighted by Crippen LogP contribution is 2.55. The van der Waals surface area contributed by atoms with E-state index in [-0.39, 0.29) is 0 Å². The van der Waals surface area contributed by atoms with Crippen molar-refractivity contribution in [2.45, 2.75) is 70.6 Å². The number of fused-ring (bicyclic) bond motifs is 7. The summed E-state index contributed by atoms with van der Waals surface area (Å²) in [7, 11) is 0. The third kappa shape index (κ3) is 4.67. The second kappa shape index (κ2) is 12.1. The molecule has 252 valence electrons. The number of benzene rings is 4. The van der Waals surface area contributed by atoms with Crippen molar-refractivity contribution in [3.63, 3.8) is 0 Å². The minimum absolute atomic E-state index is 0.363. The summed E-state index contributed by atoms with van der Waals surface area (Å²) in [4.78, 5) is 2.91. The van der Waals surface area contributed by atoms with Gasteiger partial charge in [0.15, 0.2) is 0 Å². The van der Waals surface area contributed by atoms with Crippen molar-refractivity contribution in [1.82, 2.24) is 0 Å². The van der Waals surface area contributed by atoms with Gasteiger partial charge in [0.1, 0.15) is 0 Å². The second-order valence-electron chi connectivity index (χ2n) is 15.8. The Balaban J connectivity index is 1.14. The average Bonchev–Trinajstić information content (AvgIpc) is 3.58. The predicted octanol–water partition coefficient (Wildman–Crippen LogP) is 13.6. The van der Waals surface area contributed by atoms with E-state index in [4.69, 9.17) is 0 Å². The van der Waals surface area contributed by atoms with E-state index in [0.717, 1.165) is 38.5 Å². The molecule has 3 unspecified atom stereocenters.